The van der Waals surface area contributed by atoms with Gasteiger partial charge in [0.25, 0.3) is 0 Å². The van der Waals surface area contributed by atoms with Crippen LogP contribution in [0, 0.1) is 16.2 Å². The maximum Gasteiger partial charge on any atom is 0.321 e. The fraction of sp³-hybridized carbons (Fsp3) is 0.667. The average Bonchev–Trinajstić information content (AvgIpc) is 2.76. The van der Waals surface area contributed by atoms with Gasteiger partial charge in [0, 0.05) is 5.41 Å². The summed E-state index contributed by atoms with van der Waals surface area (Å²) in [6, 6.07) is 0. The largest absolute Gasteiger partial charge is 0.480 e. The highest BCUT2D eigenvalue weighted by Crippen LogP contribution is 2.84. The Hall–Kier alpha value is -1.92. The molecule has 0 bridgehead atoms. The molecule has 2 aliphatic carbocycles. The number of carboxylic acid groups (broad SMARTS) is 1. The zero-order valence-electron chi connectivity index (χ0n) is 10.2. The minimum atomic E-state index is -1.98. The number of carbonyl (C=O) groups excluding carboxylic acids is 3. The van der Waals surface area contributed by atoms with Crippen molar-refractivity contribution in [3.8, 4) is 0 Å². The number of rotatable bonds is 2. The molecule has 19 heavy (non-hydrogen) atoms. The predicted molar refractivity (Wildman–Crippen MR) is 60.4 cm³/mol. The first-order valence-corrected chi connectivity index (χ1v) is 6.29. The summed E-state index contributed by atoms with van der Waals surface area (Å²) >= 11 is 0. The van der Waals surface area contributed by atoms with Gasteiger partial charge in [-0.15, -0.1) is 0 Å². The van der Waals surface area contributed by atoms with Crippen LogP contribution in [0.2, 0.25) is 0 Å². The van der Waals surface area contributed by atoms with E-state index in [-0.39, 0.29) is 0 Å². The van der Waals surface area contributed by atoms with Crippen molar-refractivity contribution in [2.75, 3.05) is 0 Å². The van der Waals surface area contributed by atoms with Gasteiger partial charge in [-0.05, 0) is 12.8 Å². The lowest BCUT2D eigenvalue weighted by atomic mass is 9.76. The second-order valence-corrected chi connectivity index (χ2v) is 5.60. The third-order valence-electron chi connectivity index (χ3n) is 5.24. The van der Waals surface area contributed by atoms with E-state index < -0.39 is 39.9 Å². The van der Waals surface area contributed by atoms with Crippen LogP contribution in [0.4, 0.5) is 0 Å². The Kier molecular flexibility index (Phi) is 2.01. The zero-order valence-corrected chi connectivity index (χ0v) is 10.2. The fourth-order valence-corrected chi connectivity index (χ4v) is 4.66. The summed E-state index contributed by atoms with van der Waals surface area (Å²) in [5, 5.41) is 11.5. The topological polar surface area (TPSA) is 127 Å². The van der Waals surface area contributed by atoms with Crippen LogP contribution in [-0.2, 0) is 19.2 Å². The summed E-state index contributed by atoms with van der Waals surface area (Å²) in [6.45, 7) is 0. The second kappa shape index (κ2) is 3.15. The van der Waals surface area contributed by atoms with Crippen molar-refractivity contribution in [1.29, 1.82) is 0 Å². The van der Waals surface area contributed by atoms with Crippen LogP contribution >= 0.6 is 0 Å². The molecule has 2 atom stereocenters. The number of imide groups is 1. The van der Waals surface area contributed by atoms with Gasteiger partial charge in [-0.25, -0.2) is 0 Å². The van der Waals surface area contributed by atoms with Crippen LogP contribution in [0.15, 0.2) is 0 Å². The lowest BCUT2D eigenvalue weighted by Gasteiger charge is -2.28. The zero-order chi connectivity index (χ0) is 14.1. The van der Waals surface area contributed by atoms with Crippen molar-refractivity contribution in [3.05, 3.63) is 0 Å². The van der Waals surface area contributed by atoms with E-state index in [1.165, 1.54) is 0 Å². The first-order chi connectivity index (χ1) is 8.89. The van der Waals surface area contributed by atoms with E-state index in [4.69, 9.17) is 5.73 Å². The number of amides is 3. The van der Waals surface area contributed by atoms with Gasteiger partial charge in [-0.1, -0.05) is 19.3 Å². The third kappa shape index (κ3) is 0.854. The maximum absolute atomic E-state index is 12.1. The van der Waals surface area contributed by atoms with Gasteiger partial charge in [0.15, 0.2) is 10.8 Å². The molecule has 3 aliphatic rings. The molecule has 0 unspecified atom stereocenters. The van der Waals surface area contributed by atoms with Crippen LogP contribution < -0.4 is 11.1 Å². The Labute approximate surface area is 108 Å². The molecule has 0 aromatic rings. The fourth-order valence-electron chi connectivity index (χ4n) is 4.66. The standard InChI is InChI=1S/C12H14N2O5/c13-6(15)11-7(16)14-8(17)12(11,9(18)19)10(11)4-2-1-3-5-10/h1-5H2,(H2,13,15)(H,18,19)(H,14,16,17)/t11-,12+/m0/s1. The highest BCUT2D eigenvalue weighted by Gasteiger charge is 3.01. The van der Waals surface area contributed by atoms with Gasteiger partial charge in [0.2, 0.25) is 17.7 Å². The third-order valence-corrected chi connectivity index (χ3v) is 5.24. The highest BCUT2D eigenvalue weighted by atomic mass is 16.4. The van der Waals surface area contributed by atoms with Crippen LogP contribution in [0.25, 0.3) is 0 Å². The first-order valence-electron chi connectivity index (χ1n) is 6.29. The molecule has 3 amide bonds. The van der Waals surface area contributed by atoms with Gasteiger partial charge in [0.05, 0.1) is 0 Å². The number of carboxylic acids is 1. The van der Waals surface area contributed by atoms with Crippen molar-refractivity contribution >= 4 is 23.7 Å². The molecule has 1 saturated heterocycles. The van der Waals surface area contributed by atoms with Crippen LogP contribution in [0.1, 0.15) is 32.1 Å². The molecular weight excluding hydrogens is 252 g/mol. The summed E-state index contributed by atoms with van der Waals surface area (Å²) in [7, 11) is 0. The van der Waals surface area contributed by atoms with E-state index >= 15 is 0 Å². The summed E-state index contributed by atoms with van der Waals surface area (Å²) in [5.41, 5.74) is 0.355. The highest BCUT2D eigenvalue weighted by molar-refractivity contribution is 6.33. The predicted octanol–water partition coefficient (Wildman–Crippen LogP) is -0.850. The van der Waals surface area contributed by atoms with Gasteiger partial charge >= 0.3 is 5.97 Å². The molecule has 0 radical (unpaired) electrons. The Morgan fingerprint density at radius 3 is 2.00 bits per heavy atom. The number of piperidine rings is 1. The maximum atomic E-state index is 12.1. The number of nitrogens with two attached hydrogens (primary N) is 1. The van der Waals surface area contributed by atoms with E-state index in [0.717, 1.165) is 6.42 Å². The Bertz CT molecular complexity index is 496. The summed E-state index contributed by atoms with van der Waals surface area (Å²) in [6.07, 6.45) is 3.06. The molecule has 1 heterocycles. The molecular formula is C12H14N2O5. The lowest BCUT2D eigenvalue weighted by Crippen LogP contribution is -2.43. The Morgan fingerprint density at radius 2 is 1.58 bits per heavy atom. The number of carbonyl (C=O) groups is 4. The molecule has 0 aromatic heterocycles. The van der Waals surface area contributed by atoms with Crippen molar-refractivity contribution in [2.45, 2.75) is 32.1 Å². The number of hydrogen-bond acceptors (Lipinski definition) is 4. The Balaban J connectivity index is 2.26. The van der Waals surface area contributed by atoms with E-state index in [2.05, 4.69) is 0 Å². The number of nitrogens with one attached hydrogen (secondary N) is 1. The summed E-state index contributed by atoms with van der Waals surface area (Å²) in [5.74, 6) is -4.14. The van der Waals surface area contributed by atoms with Crippen LogP contribution in [-0.4, -0.2) is 28.8 Å². The SMILES string of the molecule is NC(=O)[C@@]12C(=O)NC(=O)[C@@]1(C(=O)O)C21CCCCC1. The number of aliphatic carboxylic acids is 1. The molecule has 2 saturated carbocycles. The van der Waals surface area contributed by atoms with Gasteiger partial charge in [-0.2, -0.15) is 0 Å². The molecule has 1 aliphatic heterocycles. The molecule has 0 aromatic carbocycles. The van der Waals surface area contributed by atoms with E-state index in [1.807, 2.05) is 5.32 Å². The van der Waals surface area contributed by atoms with E-state index in [0.29, 0.717) is 25.7 Å². The van der Waals surface area contributed by atoms with Crippen molar-refractivity contribution in [3.63, 3.8) is 0 Å². The van der Waals surface area contributed by atoms with E-state index in [9.17, 15) is 24.3 Å². The molecule has 3 rings (SSSR count). The molecule has 102 valence electrons. The Morgan fingerprint density at radius 1 is 1.05 bits per heavy atom. The number of primary amides is 1. The molecule has 7 heteroatoms. The molecule has 3 fully saturated rings. The lowest BCUT2D eigenvalue weighted by molar-refractivity contribution is -0.152. The molecule has 4 N–H and O–H groups in total. The molecule has 7 nitrogen and oxygen atoms in total. The smallest absolute Gasteiger partial charge is 0.321 e. The minimum absolute atomic E-state index is 0.376. The average molecular weight is 266 g/mol. The quantitative estimate of drug-likeness (QED) is 0.443. The summed E-state index contributed by atoms with van der Waals surface area (Å²) < 4.78 is 0. The van der Waals surface area contributed by atoms with Gasteiger partial charge < -0.3 is 10.8 Å². The number of hydrogen-bond donors (Lipinski definition) is 3. The monoisotopic (exact) mass is 266 g/mol. The van der Waals surface area contributed by atoms with E-state index in [1.54, 1.807) is 0 Å². The van der Waals surface area contributed by atoms with Crippen molar-refractivity contribution in [1.82, 2.24) is 5.32 Å². The van der Waals surface area contributed by atoms with Crippen LogP contribution in [0.5, 0.6) is 0 Å². The normalized spacial score (nSPS) is 38.7. The van der Waals surface area contributed by atoms with Crippen LogP contribution in [0.3, 0.4) is 0 Å². The minimum Gasteiger partial charge on any atom is -0.480 e. The second-order valence-electron chi connectivity index (χ2n) is 5.60. The van der Waals surface area contributed by atoms with Gasteiger partial charge in [0.1, 0.15) is 0 Å². The van der Waals surface area contributed by atoms with Crippen molar-refractivity contribution < 1.29 is 24.3 Å². The molecule has 1 spiro atoms. The first kappa shape index (κ1) is 12.1. The number of fused-ring (bicyclic) bond motifs is 3. The van der Waals surface area contributed by atoms with Crippen molar-refractivity contribution in [2.24, 2.45) is 22.0 Å². The van der Waals surface area contributed by atoms with Gasteiger partial charge in [-0.3, -0.25) is 24.5 Å². The summed E-state index contributed by atoms with van der Waals surface area (Å²) in [4.78, 5) is 47.7.